The fourth-order valence-corrected chi connectivity index (χ4v) is 2.53. The van der Waals surface area contributed by atoms with Gasteiger partial charge in [0.15, 0.2) is 0 Å². The van der Waals surface area contributed by atoms with Gasteiger partial charge in [-0.3, -0.25) is 14.6 Å². The Kier molecular flexibility index (Phi) is 4.36. The van der Waals surface area contributed by atoms with Crippen molar-refractivity contribution in [2.24, 2.45) is 0 Å². The van der Waals surface area contributed by atoms with Crippen molar-refractivity contribution in [3.8, 4) is 0 Å². The summed E-state index contributed by atoms with van der Waals surface area (Å²) in [5.74, 6) is -0.108. The van der Waals surface area contributed by atoms with Crippen molar-refractivity contribution in [2.45, 2.75) is 25.4 Å². The van der Waals surface area contributed by atoms with Crippen molar-refractivity contribution in [1.82, 2.24) is 15.1 Å². The predicted molar refractivity (Wildman–Crippen MR) is 65.9 cm³/mol. The molecule has 2 fully saturated rings. The van der Waals surface area contributed by atoms with Crippen molar-refractivity contribution in [2.75, 3.05) is 46.4 Å². The van der Waals surface area contributed by atoms with Crippen LogP contribution in [0.3, 0.4) is 0 Å². The number of rotatable bonds is 4. The molecule has 1 atom stereocenters. The number of carbonyl (C=O) groups is 1. The minimum absolute atomic E-state index is 0.108. The molecule has 0 bridgehead atoms. The van der Waals surface area contributed by atoms with Crippen LogP contribution >= 0.6 is 0 Å². The van der Waals surface area contributed by atoms with Gasteiger partial charge in [-0.15, -0.1) is 0 Å². The van der Waals surface area contributed by atoms with Crippen LogP contribution in [0.5, 0.6) is 0 Å². The highest BCUT2D eigenvalue weighted by Crippen LogP contribution is 2.13. The summed E-state index contributed by atoms with van der Waals surface area (Å²) in [6, 6.07) is 1.04. The number of hydrogen-bond donors (Lipinski definition) is 1. The maximum absolute atomic E-state index is 11.2. The van der Waals surface area contributed by atoms with E-state index in [4.69, 9.17) is 4.74 Å². The molecule has 0 aromatic rings. The normalized spacial score (nSPS) is 25.3. The lowest BCUT2D eigenvalue weighted by molar-refractivity contribution is -0.142. The Balaban J connectivity index is 1.72. The topological polar surface area (TPSA) is 44.8 Å². The monoisotopic (exact) mass is 241 g/mol. The third-order valence-corrected chi connectivity index (χ3v) is 3.94. The average molecular weight is 241 g/mol. The highest BCUT2D eigenvalue weighted by atomic mass is 16.5. The van der Waals surface area contributed by atoms with Crippen LogP contribution in [-0.2, 0) is 9.53 Å². The fraction of sp³-hybridized carbons (Fsp3) is 0.917. The molecule has 2 saturated heterocycles. The average Bonchev–Trinajstić information content (AvgIpc) is 2.27. The minimum atomic E-state index is -0.108. The molecule has 1 N–H and O–H groups in total. The molecule has 0 radical (unpaired) electrons. The van der Waals surface area contributed by atoms with E-state index < -0.39 is 0 Å². The molecule has 98 valence electrons. The number of carbonyl (C=O) groups excluding carboxylic acids is 1. The van der Waals surface area contributed by atoms with Gasteiger partial charge in [0.25, 0.3) is 0 Å². The van der Waals surface area contributed by atoms with E-state index in [0.29, 0.717) is 12.5 Å². The Hall–Kier alpha value is -0.650. The Bertz CT molecular complexity index is 260. The molecule has 0 aliphatic carbocycles. The van der Waals surface area contributed by atoms with Crippen molar-refractivity contribution < 1.29 is 9.53 Å². The van der Waals surface area contributed by atoms with E-state index in [-0.39, 0.29) is 5.97 Å². The van der Waals surface area contributed by atoms with Gasteiger partial charge in [0.1, 0.15) is 0 Å². The number of nitrogens with one attached hydrogen (secondary N) is 1. The Morgan fingerprint density at radius 1 is 1.35 bits per heavy atom. The first kappa shape index (κ1) is 12.8. The molecule has 2 heterocycles. The molecule has 17 heavy (non-hydrogen) atoms. The lowest BCUT2D eigenvalue weighted by Gasteiger charge is -2.44. The lowest BCUT2D eigenvalue weighted by Crippen LogP contribution is -2.62. The first-order valence-electron chi connectivity index (χ1n) is 6.46. The molecule has 0 aromatic heterocycles. The quantitative estimate of drug-likeness (QED) is 0.674. The van der Waals surface area contributed by atoms with Crippen LogP contribution in [0.1, 0.15) is 13.3 Å². The van der Waals surface area contributed by atoms with E-state index in [1.807, 2.05) is 0 Å². The smallest absolute Gasteiger partial charge is 0.307 e. The molecule has 0 saturated carbocycles. The zero-order chi connectivity index (χ0) is 12.3. The van der Waals surface area contributed by atoms with Crippen molar-refractivity contribution >= 4 is 5.97 Å². The van der Waals surface area contributed by atoms with Crippen molar-refractivity contribution in [1.29, 1.82) is 0 Å². The van der Waals surface area contributed by atoms with Gasteiger partial charge in [-0.1, -0.05) is 0 Å². The van der Waals surface area contributed by atoms with Crippen LogP contribution in [0, 0.1) is 0 Å². The zero-order valence-corrected chi connectivity index (χ0v) is 10.8. The van der Waals surface area contributed by atoms with Crippen molar-refractivity contribution in [3.63, 3.8) is 0 Å². The highest BCUT2D eigenvalue weighted by molar-refractivity contribution is 5.69. The second-order valence-electron chi connectivity index (χ2n) is 5.01. The Labute approximate surface area is 103 Å². The third-order valence-electron chi connectivity index (χ3n) is 3.94. The molecule has 2 rings (SSSR count). The Morgan fingerprint density at radius 3 is 2.47 bits per heavy atom. The highest BCUT2D eigenvalue weighted by Gasteiger charge is 2.29. The van der Waals surface area contributed by atoms with E-state index >= 15 is 0 Å². The molecule has 2 aliphatic rings. The lowest BCUT2D eigenvalue weighted by atomic mass is 10.1. The van der Waals surface area contributed by atoms with Crippen LogP contribution < -0.4 is 5.32 Å². The van der Waals surface area contributed by atoms with Crippen molar-refractivity contribution in [3.05, 3.63) is 0 Å². The van der Waals surface area contributed by atoms with E-state index in [1.165, 1.54) is 7.11 Å². The SMILES string of the molecule is COC(=O)CC(C)N1CCN(C2CNC2)CC1. The van der Waals surface area contributed by atoms with E-state index in [9.17, 15) is 4.79 Å². The summed E-state index contributed by atoms with van der Waals surface area (Å²) in [5, 5.41) is 3.31. The largest absolute Gasteiger partial charge is 0.469 e. The first-order valence-corrected chi connectivity index (χ1v) is 6.46. The summed E-state index contributed by atoms with van der Waals surface area (Å²) in [4.78, 5) is 16.2. The number of nitrogens with zero attached hydrogens (tertiary/aromatic N) is 2. The van der Waals surface area contributed by atoms with Gasteiger partial charge in [-0.25, -0.2) is 0 Å². The van der Waals surface area contributed by atoms with Crippen LogP contribution in [0.2, 0.25) is 0 Å². The molecule has 0 amide bonds. The summed E-state index contributed by atoms with van der Waals surface area (Å²) < 4.78 is 4.71. The van der Waals surface area contributed by atoms with Crippen LogP contribution in [-0.4, -0.2) is 74.2 Å². The summed E-state index contributed by atoms with van der Waals surface area (Å²) >= 11 is 0. The number of ether oxygens (including phenoxy) is 1. The zero-order valence-electron chi connectivity index (χ0n) is 10.8. The van der Waals surface area contributed by atoms with E-state index in [1.54, 1.807) is 0 Å². The standard InChI is InChI=1S/C12H23N3O2/c1-10(7-12(16)17-2)14-3-5-15(6-4-14)11-8-13-9-11/h10-11,13H,3-9H2,1-2H3. The Morgan fingerprint density at radius 2 is 2.00 bits per heavy atom. The number of methoxy groups -OCH3 is 1. The van der Waals surface area contributed by atoms with Gasteiger partial charge in [0, 0.05) is 51.4 Å². The second kappa shape index (κ2) is 5.80. The number of hydrogen-bond acceptors (Lipinski definition) is 5. The van der Waals surface area contributed by atoms with Crippen LogP contribution in [0.25, 0.3) is 0 Å². The van der Waals surface area contributed by atoms with Gasteiger partial charge in [-0.2, -0.15) is 0 Å². The molecule has 5 heteroatoms. The number of esters is 1. The molecule has 2 aliphatic heterocycles. The molecule has 5 nitrogen and oxygen atoms in total. The van der Waals surface area contributed by atoms with E-state index in [0.717, 1.165) is 45.3 Å². The molecular weight excluding hydrogens is 218 g/mol. The maximum atomic E-state index is 11.2. The van der Waals surface area contributed by atoms with Crippen LogP contribution in [0.15, 0.2) is 0 Å². The summed E-state index contributed by atoms with van der Waals surface area (Å²) in [5.41, 5.74) is 0. The predicted octanol–water partition coefficient (Wildman–Crippen LogP) is -0.473. The molecule has 1 unspecified atom stereocenters. The fourth-order valence-electron chi connectivity index (χ4n) is 2.53. The summed E-state index contributed by atoms with van der Waals surface area (Å²) in [6.45, 7) is 8.76. The second-order valence-corrected chi connectivity index (χ2v) is 5.01. The minimum Gasteiger partial charge on any atom is -0.469 e. The van der Waals surface area contributed by atoms with Gasteiger partial charge < -0.3 is 10.1 Å². The molecule has 0 aromatic carbocycles. The summed E-state index contributed by atoms with van der Waals surface area (Å²) in [7, 11) is 1.45. The molecular formula is C12H23N3O2. The first-order chi connectivity index (χ1) is 8.20. The third kappa shape index (κ3) is 3.18. The maximum Gasteiger partial charge on any atom is 0.307 e. The number of piperazine rings is 1. The van der Waals surface area contributed by atoms with Gasteiger partial charge >= 0.3 is 5.97 Å². The van der Waals surface area contributed by atoms with E-state index in [2.05, 4.69) is 22.0 Å². The summed E-state index contributed by atoms with van der Waals surface area (Å²) in [6.07, 6.45) is 0.501. The van der Waals surface area contributed by atoms with Gasteiger partial charge in [0.05, 0.1) is 13.5 Å². The van der Waals surface area contributed by atoms with Gasteiger partial charge in [-0.05, 0) is 6.92 Å². The molecule has 0 spiro atoms. The van der Waals surface area contributed by atoms with Gasteiger partial charge in [0.2, 0.25) is 0 Å². The van der Waals surface area contributed by atoms with Crippen LogP contribution in [0.4, 0.5) is 0 Å².